The van der Waals surface area contributed by atoms with Gasteiger partial charge in [0.15, 0.2) is 0 Å². The number of nitrogens with zero attached hydrogens (tertiary/aromatic N) is 4. The van der Waals surface area contributed by atoms with E-state index in [4.69, 9.17) is 16.3 Å². The van der Waals surface area contributed by atoms with Crippen molar-refractivity contribution in [2.24, 2.45) is 0 Å². The predicted molar refractivity (Wildman–Crippen MR) is 79.6 cm³/mol. The van der Waals surface area contributed by atoms with E-state index in [1.165, 1.54) is 18.2 Å². The lowest BCUT2D eigenvalue weighted by atomic mass is 9.99. The van der Waals surface area contributed by atoms with E-state index in [0.29, 0.717) is 26.1 Å². The van der Waals surface area contributed by atoms with Gasteiger partial charge in [-0.1, -0.05) is 16.8 Å². The van der Waals surface area contributed by atoms with Crippen molar-refractivity contribution in [2.45, 2.75) is 25.2 Å². The van der Waals surface area contributed by atoms with Gasteiger partial charge < -0.3 is 9.64 Å². The van der Waals surface area contributed by atoms with E-state index < -0.39 is 5.82 Å². The average molecular weight is 337 g/mol. The third kappa shape index (κ3) is 2.49. The Hall–Kier alpha value is -1.99. The Balaban J connectivity index is 1.60. The molecule has 6 nitrogen and oxygen atoms in total. The number of likely N-dealkylation sites (tertiary alicyclic amines) is 1. The van der Waals surface area contributed by atoms with E-state index in [1.807, 2.05) is 4.68 Å². The summed E-state index contributed by atoms with van der Waals surface area (Å²) in [5, 5.41) is 8.26. The Bertz CT molecular complexity index is 766. The van der Waals surface area contributed by atoms with E-state index in [2.05, 4.69) is 10.3 Å². The van der Waals surface area contributed by atoms with Gasteiger partial charge in [-0.2, -0.15) is 0 Å². The van der Waals surface area contributed by atoms with Crippen molar-refractivity contribution in [1.29, 1.82) is 0 Å². The minimum absolute atomic E-state index is 0.0104. The minimum atomic E-state index is -0.479. The lowest BCUT2D eigenvalue weighted by Gasteiger charge is -2.41. The number of carbonyl (C=O) groups excluding carboxylic acids is 1. The van der Waals surface area contributed by atoms with Gasteiger partial charge in [0.05, 0.1) is 41.2 Å². The quantitative estimate of drug-likeness (QED) is 0.799. The zero-order valence-electron chi connectivity index (χ0n) is 12.2. The SMILES string of the molecule is O=C(c1cc(F)ccc1Cl)N1CC[C@@H]2OCc3cnnn3[C@H]2C1. The monoisotopic (exact) mass is 336 g/mol. The molecule has 8 heteroatoms. The van der Waals surface area contributed by atoms with Crippen molar-refractivity contribution in [3.8, 4) is 0 Å². The van der Waals surface area contributed by atoms with Crippen molar-refractivity contribution in [3.63, 3.8) is 0 Å². The first-order valence-corrected chi connectivity index (χ1v) is 7.76. The van der Waals surface area contributed by atoms with Gasteiger partial charge in [0.1, 0.15) is 5.82 Å². The fraction of sp³-hybridized carbons (Fsp3) is 0.400. The normalized spacial score (nSPS) is 23.3. The molecule has 2 atom stereocenters. The minimum Gasteiger partial charge on any atom is -0.370 e. The highest BCUT2D eigenvalue weighted by Gasteiger charge is 2.38. The summed E-state index contributed by atoms with van der Waals surface area (Å²) < 4.78 is 21.1. The summed E-state index contributed by atoms with van der Waals surface area (Å²) in [6.45, 7) is 1.46. The maximum Gasteiger partial charge on any atom is 0.255 e. The lowest BCUT2D eigenvalue weighted by molar-refractivity contribution is -0.0605. The highest BCUT2D eigenvalue weighted by molar-refractivity contribution is 6.33. The molecule has 23 heavy (non-hydrogen) atoms. The summed E-state index contributed by atoms with van der Waals surface area (Å²) in [4.78, 5) is 14.4. The van der Waals surface area contributed by atoms with Crippen LogP contribution in [0.3, 0.4) is 0 Å². The second-order valence-corrected chi connectivity index (χ2v) is 6.16. The predicted octanol–water partition coefficient (Wildman–Crippen LogP) is 2.06. The fourth-order valence-corrected chi connectivity index (χ4v) is 3.39. The molecule has 1 amide bonds. The Morgan fingerprint density at radius 1 is 1.43 bits per heavy atom. The van der Waals surface area contributed by atoms with Gasteiger partial charge in [0, 0.05) is 13.1 Å². The fourth-order valence-electron chi connectivity index (χ4n) is 3.20. The zero-order chi connectivity index (χ0) is 16.0. The van der Waals surface area contributed by atoms with Crippen LogP contribution in [0.4, 0.5) is 4.39 Å². The maximum atomic E-state index is 13.4. The van der Waals surface area contributed by atoms with E-state index in [9.17, 15) is 9.18 Å². The first kappa shape index (κ1) is 14.6. The number of amides is 1. The van der Waals surface area contributed by atoms with Crippen molar-refractivity contribution < 1.29 is 13.9 Å². The van der Waals surface area contributed by atoms with Gasteiger partial charge in [-0.3, -0.25) is 4.79 Å². The standard InChI is InChI=1S/C15H14ClFN4O2/c16-12-2-1-9(17)5-11(12)15(22)20-4-3-14-13(7-20)21-10(8-23-14)6-18-19-21/h1-2,5-6,13-14H,3-4,7-8H2/t13-,14-/m0/s1. The Labute approximate surface area is 136 Å². The van der Waals surface area contributed by atoms with Gasteiger partial charge in [-0.25, -0.2) is 9.07 Å². The van der Waals surface area contributed by atoms with Crippen LogP contribution in [-0.4, -0.2) is 45.0 Å². The molecule has 0 N–H and O–H groups in total. The second-order valence-electron chi connectivity index (χ2n) is 5.75. The lowest BCUT2D eigenvalue weighted by Crippen LogP contribution is -2.50. The third-order valence-electron chi connectivity index (χ3n) is 4.37. The summed E-state index contributed by atoms with van der Waals surface area (Å²) in [6.07, 6.45) is 2.37. The van der Waals surface area contributed by atoms with E-state index in [0.717, 1.165) is 5.69 Å². The molecule has 120 valence electrons. The molecule has 1 saturated heterocycles. The van der Waals surface area contributed by atoms with Crippen molar-refractivity contribution in [1.82, 2.24) is 19.9 Å². The number of piperidine rings is 1. The molecule has 2 aliphatic rings. The Morgan fingerprint density at radius 3 is 3.17 bits per heavy atom. The molecule has 1 aromatic heterocycles. The van der Waals surface area contributed by atoms with Gasteiger partial charge in [0.2, 0.25) is 0 Å². The van der Waals surface area contributed by atoms with Gasteiger partial charge >= 0.3 is 0 Å². The number of rotatable bonds is 1. The summed E-state index contributed by atoms with van der Waals surface area (Å²) >= 11 is 6.04. The van der Waals surface area contributed by atoms with Crippen molar-refractivity contribution in [2.75, 3.05) is 13.1 Å². The number of carbonyl (C=O) groups is 1. The smallest absolute Gasteiger partial charge is 0.255 e. The van der Waals surface area contributed by atoms with Crippen LogP contribution < -0.4 is 0 Å². The molecule has 0 radical (unpaired) electrons. The summed E-state index contributed by atoms with van der Waals surface area (Å²) in [5.74, 6) is -0.757. The number of fused-ring (bicyclic) bond motifs is 3. The van der Waals surface area contributed by atoms with Gasteiger partial charge in [-0.15, -0.1) is 5.10 Å². The summed E-state index contributed by atoms with van der Waals surface area (Å²) in [6, 6.07) is 3.74. The number of halogens is 2. The molecule has 1 fully saturated rings. The molecule has 2 aromatic rings. The van der Waals surface area contributed by atoms with Crippen LogP contribution in [0.15, 0.2) is 24.4 Å². The summed E-state index contributed by atoms with van der Waals surface area (Å²) in [7, 11) is 0. The molecular formula is C15H14ClFN4O2. The molecule has 0 aliphatic carbocycles. The average Bonchev–Trinajstić information content (AvgIpc) is 3.05. The molecule has 0 unspecified atom stereocenters. The molecule has 4 rings (SSSR count). The number of aromatic nitrogens is 3. The first-order chi connectivity index (χ1) is 11.1. The van der Waals surface area contributed by atoms with Crippen molar-refractivity contribution >= 4 is 17.5 Å². The van der Waals surface area contributed by atoms with Crippen LogP contribution in [0.2, 0.25) is 5.02 Å². The Kier molecular flexibility index (Phi) is 3.54. The molecule has 0 bridgehead atoms. The van der Waals surface area contributed by atoms with Crippen LogP contribution in [0, 0.1) is 5.82 Å². The van der Waals surface area contributed by atoms with E-state index >= 15 is 0 Å². The Morgan fingerprint density at radius 2 is 2.30 bits per heavy atom. The van der Waals surface area contributed by atoms with Crippen LogP contribution in [-0.2, 0) is 11.3 Å². The maximum absolute atomic E-state index is 13.4. The summed E-state index contributed by atoms with van der Waals surface area (Å²) in [5.41, 5.74) is 1.07. The van der Waals surface area contributed by atoms with Gasteiger partial charge in [-0.05, 0) is 24.6 Å². The van der Waals surface area contributed by atoms with E-state index in [1.54, 1.807) is 11.1 Å². The molecule has 0 saturated carbocycles. The largest absolute Gasteiger partial charge is 0.370 e. The second kappa shape index (κ2) is 5.58. The topological polar surface area (TPSA) is 60.3 Å². The highest BCUT2D eigenvalue weighted by atomic mass is 35.5. The van der Waals surface area contributed by atoms with Gasteiger partial charge in [0.25, 0.3) is 5.91 Å². The molecular weight excluding hydrogens is 323 g/mol. The molecule has 1 aromatic carbocycles. The van der Waals surface area contributed by atoms with Crippen LogP contribution >= 0.6 is 11.6 Å². The number of hydrogen-bond donors (Lipinski definition) is 0. The molecule has 3 heterocycles. The van der Waals surface area contributed by atoms with Crippen LogP contribution in [0.5, 0.6) is 0 Å². The molecule has 0 spiro atoms. The first-order valence-electron chi connectivity index (χ1n) is 7.38. The highest BCUT2D eigenvalue weighted by Crippen LogP contribution is 2.31. The number of benzene rings is 1. The zero-order valence-corrected chi connectivity index (χ0v) is 12.9. The molecule has 2 aliphatic heterocycles. The van der Waals surface area contributed by atoms with Crippen molar-refractivity contribution in [3.05, 3.63) is 46.5 Å². The number of ether oxygens (including phenoxy) is 1. The third-order valence-corrected chi connectivity index (χ3v) is 4.70. The van der Waals surface area contributed by atoms with Crippen LogP contribution in [0.25, 0.3) is 0 Å². The number of hydrogen-bond acceptors (Lipinski definition) is 4. The van der Waals surface area contributed by atoms with Crippen LogP contribution in [0.1, 0.15) is 28.5 Å². The van der Waals surface area contributed by atoms with E-state index in [-0.39, 0.29) is 28.6 Å².